The molecule has 1 aliphatic carbocycles. The normalized spacial score (nSPS) is 18.6. The number of rotatable bonds is 5. The van der Waals surface area contributed by atoms with Gasteiger partial charge in [0.2, 0.25) is 5.52 Å². The standard InChI is InChI=1S/C28H26Cl3N2S2/c1-3-32-22-16-20(29)10-12-24(22)34-26(32)14-8-18-6-5-7-19(28(18)31)9-15-27-33(4-2)23-17-21(30)11-13-25(23)35-27/h8-17H,3-7H2,1-2H3/q+1. The number of nitrogens with zero attached hydrogens (tertiary/aromatic N) is 2. The molecule has 1 aliphatic heterocycles. The Morgan fingerprint density at radius 1 is 0.971 bits per heavy atom. The Balaban J connectivity index is 1.42. The van der Waals surface area contributed by atoms with Crippen LogP contribution in [-0.4, -0.2) is 6.54 Å². The van der Waals surface area contributed by atoms with Crippen LogP contribution >= 0.6 is 57.9 Å². The van der Waals surface area contributed by atoms with Crippen LogP contribution in [0.5, 0.6) is 0 Å². The third-order valence-corrected chi connectivity index (χ3v) is 9.54. The second kappa shape index (κ2) is 10.7. The summed E-state index contributed by atoms with van der Waals surface area (Å²) in [6, 6.07) is 12.2. The van der Waals surface area contributed by atoms with Gasteiger partial charge in [0.1, 0.15) is 11.2 Å². The summed E-state index contributed by atoms with van der Waals surface area (Å²) < 4.78 is 3.55. The van der Waals surface area contributed by atoms with Crippen molar-refractivity contribution in [1.29, 1.82) is 0 Å². The molecule has 7 heteroatoms. The third-order valence-electron chi connectivity index (χ3n) is 6.33. The topological polar surface area (TPSA) is 7.12 Å². The quantitative estimate of drug-likeness (QED) is 0.287. The van der Waals surface area contributed by atoms with Gasteiger partial charge in [0, 0.05) is 38.7 Å². The fourth-order valence-electron chi connectivity index (χ4n) is 4.60. The summed E-state index contributed by atoms with van der Waals surface area (Å²) in [4.78, 5) is 3.55. The maximum atomic E-state index is 6.93. The monoisotopic (exact) mass is 559 g/mol. The van der Waals surface area contributed by atoms with Crippen LogP contribution in [0.4, 0.5) is 5.69 Å². The number of fused-ring (bicyclic) bond motifs is 2. The smallest absolute Gasteiger partial charge is 0.262 e. The molecule has 2 heterocycles. The first-order chi connectivity index (χ1) is 17.0. The number of aryl methyl sites for hydroxylation is 1. The molecule has 0 radical (unpaired) electrons. The highest BCUT2D eigenvalue weighted by Gasteiger charge is 2.24. The summed E-state index contributed by atoms with van der Waals surface area (Å²) in [6.07, 6.45) is 11.9. The van der Waals surface area contributed by atoms with Crippen molar-refractivity contribution >= 4 is 79.9 Å². The van der Waals surface area contributed by atoms with Crippen LogP contribution in [-0.2, 0) is 6.54 Å². The lowest BCUT2D eigenvalue weighted by Gasteiger charge is -2.19. The number of allylic oxidation sites excluding steroid dienone is 6. The molecule has 2 nitrogen and oxygen atoms in total. The summed E-state index contributed by atoms with van der Waals surface area (Å²) >= 11 is 23.0. The highest BCUT2D eigenvalue weighted by Crippen LogP contribution is 2.47. The molecule has 5 rings (SSSR count). The molecule has 0 atom stereocenters. The van der Waals surface area contributed by atoms with Crippen molar-refractivity contribution in [1.82, 2.24) is 0 Å². The number of aromatic nitrogens is 1. The molecular weight excluding hydrogens is 535 g/mol. The number of thioether (sulfide) groups is 1. The molecule has 1 aromatic heterocycles. The van der Waals surface area contributed by atoms with E-state index < -0.39 is 0 Å². The number of hydrogen-bond donors (Lipinski definition) is 0. The number of anilines is 1. The van der Waals surface area contributed by atoms with E-state index in [0.29, 0.717) is 0 Å². The van der Waals surface area contributed by atoms with Crippen molar-refractivity contribution in [3.05, 3.63) is 90.9 Å². The second-order valence-corrected chi connectivity index (χ2v) is 11.9. The summed E-state index contributed by atoms with van der Waals surface area (Å²) in [5.41, 5.74) is 4.75. The average molecular weight is 561 g/mol. The summed E-state index contributed by atoms with van der Waals surface area (Å²) in [5, 5.41) is 4.82. The van der Waals surface area contributed by atoms with Crippen LogP contribution < -0.4 is 9.47 Å². The SMILES string of the molecule is CCN1/C(=C/C=C2\CCCC(/C=C/c3sc4ccc(Cl)cc4[n+]3CC)=C2Cl)Sc2ccc(Cl)cc21. The van der Waals surface area contributed by atoms with E-state index in [9.17, 15) is 0 Å². The van der Waals surface area contributed by atoms with Crippen LogP contribution in [0.3, 0.4) is 0 Å². The van der Waals surface area contributed by atoms with Gasteiger partial charge >= 0.3 is 0 Å². The average Bonchev–Trinajstić information content (AvgIpc) is 3.38. The van der Waals surface area contributed by atoms with E-state index in [-0.39, 0.29) is 0 Å². The van der Waals surface area contributed by atoms with Crippen LogP contribution in [0.1, 0.15) is 38.1 Å². The minimum atomic E-state index is 0.767. The molecule has 35 heavy (non-hydrogen) atoms. The van der Waals surface area contributed by atoms with E-state index in [1.807, 2.05) is 24.3 Å². The Morgan fingerprint density at radius 2 is 1.77 bits per heavy atom. The van der Waals surface area contributed by atoms with Crippen LogP contribution in [0.2, 0.25) is 10.0 Å². The fraction of sp³-hybridized carbons (Fsp3) is 0.250. The molecule has 2 aromatic carbocycles. The molecule has 0 spiro atoms. The van der Waals surface area contributed by atoms with Crippen molar-refractivity contribution in [2.24, 2.45) is 0 Å². The maximum absolute atomic E-state index is 6.93. The van der Waals surface area contributed by atoms with Crippen LogP contribution in [0, 0.1) is 0 Å². The van der Waals surface area contributed by atoms with Gasteiger partial charge in [-0.15, -0.1) is 0 Å². The number of halogens is 3. The zero-order valence-corrected chi connectivity index (χ0v) is 23.6. The van der Waals surface area contributed by atoms with Gasteiger partial charge in [0.05, 0.1) is 10.7 Å². The second-order valence-electron chi connectivity index (χ2n) is 8.48. The first-order valence-corrected chi connectivity index (χ1v) is 14.6. The number of hydrogen-bond acceptors (Lipinski definition) is 3. The lowest BCUT2D eigenvalue weighted by Crippen LogP contribution is -2.33. The van der Waals surface area contributed by atoms with E-state index in [4.69, 9.17) is 34.8 Å². The van der Waals surface area contributed by atoms with E-state index in [0.717, 1.165) is 47.4 Å². The van der Waals surface area contributed by atoms with Gasteiger partial charge in [-0.25, -0.2) is 0 Å². The van der Waals surface area contributed by atoms with Crippen molar-refractivity contribution in [2.45, 2.75) is 44.6 Å². The highest BCUT2D eigenvalue weighted by atomic mass is 35.5. The van der Waals surface area contributed by atoms with Crippen molar-refractivity contribution in [2.75, 3.05) is 11.4 Å². The summed E-state index contributed by atoms with van der Waals surface area (Å²) in [6.45, 7) is 6.12. The minimum Gasteiger partial charge on any atom is -0.335 e. The lowest BCUT2D eigenvalue weighted by atomic mass is 9.94. The molecule has 0 saturated heterocycles. The molecule has 0 N–H and O–H groups in total. The number of benzene rings is 2. The largest absolute Gasteiger partial charge is 0.335 e. The maximum Gasteiger partial charge on any atom is 0.262 e. The van der Waals surface area contributed by atoms with Gasteiger partial charge in [-0.2, -0.15) is 4.57 Å². The first kappa shape index (κ1) is 25.0. The summed E-state index contributed by atoms with van der Waals surface area (Å²) in [7, 11) is 0. The molecule has 0 unspecified atom stereocenters. The molecule has 3 aromatic rings. The molecule has 0 amide bonds. The fourth-order valence-corrected chi connectivity index (χ4v) is 7.47. The minimum absolute atomic E-state index is 0.767. The Kier molecular flexibility index (Phi) is 7.66. The van der Waals surface area contributed by atoms with Gasteiger partial charge in [-0.05, 0) is 80.7 Å². The van der Waals surface area contributed by atoms with Crippen LogP contribution in [0.15, 0.2) is 80.7 Å². The van der Waals surface area contributed by atoms with Crippen molar-refractivity contribution < 1.29 is 4.57 Å². The third kappa shape index (κ3) is 5.10. The Bertz CT molecular complexity index is 1420. The molecular formula is C28H26Cl3N2S2+. The Morgan fingerprint density at radius 3 is 2.57 bits per heavy atom. The van der Waals surface area contributed by atoms with E-state index in [1.54, 1.807) is 23.1 Å². The Labute approximate surface area is 230 Å². The van der Waals surface area contributed by atoms with Gasteiger partial charge in [-0.3, -0.25) is 0 Å². The molecule has 2 aliphatic rings. The molecule has 0 saturated carbocycles. The van der Waals surface area contributed by atoms with E-state index in [1.165, 1.54) is 42.0 Å². The van der Waals surface area contributed by atoms with E-state index in [2.05, 4.69) is 59.8 Å². The molecule has 180 valence electrons. The highest BCUT2D eigenvalue weighted by molar-refractivity contribution is 8.03. The van der Waals surface area contributed by atoms with Gasteiger partial charge in [-0.1, -0.05) is 70.1 Å². The van der Waals surface area contributed by atoms with Gasteiger partial charge in [0.15, 0.2) is 0 Å². The van der Waals surface area contributed by atoms with E-state index >= 15 is 0 Å². The number of thiazole rings is 1. The predicted octanol–water partition coefficient (Wildman–Crippen LogP) is 9.61. The first-order valence-electron chi connectivity index (χ1n) is 11.8. The van der Waals surface area contributed by atoms with Gasteiger partial charge < -0.3 is 4.90 Å². The zero-order valence-electron chi connectivity index (χ0n) is 19.7. The Hall–Kier alpha value is -1.69. The molecule has 0 bridgehead atoms. The van der Waals surface area contributed by atoms with Gasteiger partial charge in [0.25, 0.3) is 5.01 Å². The van der Waals surface area contributed by atoms with Crippen molar-refractivity contribution in [3.8, 4) is 0 Å². The zero-order chi connectivity index (χ0) is 24.5. The summed E-state index contributed by atoms with van der Waals surface area (Å²) in [5.74, 6) is 0. The molecule has 0 fully saturated rings. The lowest BCUT2D eigenvalue weighted by molar-refractivity contribution is -0.665. The van der Waals surface area contributed by atoms with Crippen molar-refractivity contribution in [3.63, 3.8) is 0 Å². The van der Waals surface area contributed by atoms with Crippen LogP contribution in [0.25, 0.3) is 16.3 Å². The predicted molar refractivity (Wildman–Crippen MR) is 155 cm³/mol.